The molecule has 8 heteroatoms. The highest BCUT2D eigenvalue weighted by molar-refractivity contribution is 6.30. The molecular formula is C26H36ClNO6. The van der Waals surface area contributed by atoms with Gasteiger partial charge in [0.2, 0.25) is 0 Å². The van der Waals surface area contributed by atoms with Gasteiger partial charge in [-0.3, -0.25) is 4.79 Å². The second-order valence-electron chi connectivity index (χ2n) is 8.96. The van der Waals surface area contributed by atoms with E-state index in [4.69, 9.17) is 30.5 Å². The van der Waals surface area contributed by atoms with E-state index in [0.717, 1.165) is 11.1 Å². The van der Waals surface area contributed by atoms with E-state index in [0.29, 0.717) is 29.5 Å². The molecule has 7 nitrogen and oxygen atoms in total. The summed E-state index contributed by atoms with van der Waals surface area (Å²) in [4.78, 5) is 12.8. The van der Waals surface area contributed by atoms with Crippen molar-refractivity contribution in [3.63, 3.8) is 0 Å². The van der Waals surface area contributed by atoms with Crippen molar-refractivity contribution in [1.82, 2.24) is 5.32 Å². The lowest BCUT2D eigenvalue weighted by molar-refractivity contribution is -0.155. The Morgan fingerprint density at radius 3 is 2.44 bits per heavy atom. The number of carbonyl (C=O) groups excluding carboxylic acids is 1. The maximum absolute atomic E-state index is 12.8. The van der Waals surface area contributed by atoms with Gasteiger partial charge in [-0.2, -0.15) is 0 Å². The van der Waals surface area contributed by atoms with Gasteiger partial charge < -0.3 is 29.4 Å². The van der Waals surface area contributed by atoms with Gasteiger partial charge in [0.1, 0.15) is 11.4 Å². The second-order valence-corrected chi connectivity index (χ2v) is 9.40. The summed E-state index contributed by atoms with van der Waals surface area (Å²) < 4.78 is 22.0. The summed E-state index contributed by atoms with van der Waals surface area (Å²) in [5.41, 5.74) is 1.74. The van der Waals surface area contributed by atoms with Gasteiger partial charge in [0.05, 0.1) is 32.3 Å². The molecule has 0 aliphatic carbocycles. The fraction of sp³-hybridized carbons (Fsp3) is 0.500. The van der Waals surface area contributed by atoms with Crippen molar-refractivity contribution in [2.24, 2.45) is 0 Å². The molecule has 0 spiro atoms. The number of benzene rings is 2. The Labute approximate surface area is 207 Å². The monoisotopic (exact) mass is 493 g/mol. The number of esters is 1. The van der Waals surface area contributed by atoms with Gasteiger partial charge in [0.25, 0.3) is 0 Å². The largest absolute Gasteiger partial charge is 0.467 e. The van der Waals surface area contributed by atoms with Gasteiger partial charge in [-0.1, -0.05) is 41.9 Å². The minimum absolute atomic E-state index is 0.0140. The highest BCUT2D eigenvalue weighted by Gasteiger charge is 2.27. The molecule has 2 N–H and O–H groups in total. The third-order valence-corrected chi connectivity index (χ3v) is 5.16. The van der Waals surface area contributed by atoms with E-state index < -0.39 is 17.7 Å². The number of hydrogen-bond acceptors (Lipinski definition) is 7. The van der Waals surface area contributed by atoms with E-state index >= 15 is 0 Å². The molecular weight excluding hydrogens is 458 g/mol. The summed E-state index contributed by atoms with van der Waals surface area (Å²) in [6.07, 6.45) is 0.0152. The summed E-state index contributed by atoms with van der Waals surface area (Å²) in [6, 6.07) is 12.1. The normalized spacial score (nSPS) is 13.4. The number of ether oxygens (including phenoxy) is 4. The van der Waals surface area contributed by atoms with Crippen molar-refractivity contribution >= 4 is 17.6 Å². The molecule has 1 unspecified atom stereocenters. The molecule has 0 saturated carbocycles. The van der Waals surface area contributed by atoms with Gasteiger partial charge in [-0.25, -0.2) is 0 Å². The van der Waals surface area contributed by atoms with Crippen LogP contribution in [0.1, 0.15) is 56.0 Å². The van der Waals surface area contributed by atoms with Crippen LogP contribution in [0, 0.1) is 6.92 Å². The first-order chi connectivity index (χ1) is 16.1. The Bertz CT molecular complexity index is 900. The van der Waals surface area contributed by atoms with E-state index in [2.05, 4.69) is 5.32 Å². The van der Waals surface area contributed by atoms with Crippen molar-refractivity contribution in [3.05, 3.63) is 64.2 Å². The maximum atomic E-state index is 12.8. The van der Waals surface area contributed by atoms with Crippen molar-refractivity contribution in [1.29, 1.82) is 0 Å². The smallest absolute Gasteiger partial charge is 0.308 e. The van der Waals surface area contributed by atoms with Gasteiger partial charge in [-0.05, 0) is 51.0 Å². The first-order valence-electron chi connectivity index (χ1n) is 11.3. The molecule has 0 saturated heterocycles. The quantitative estimate of drug-likeness (QED) is 0.237. The van der Waals surface area contributed by atoms with Crippen LogP contribution in [0.4, 0.5) is 0 Å². The summed E-state index contributed by atoms with van der Waals surface area (Å²) in [5, 5.41) is 14.0. The van der Waals surface area contributed by atoms with Crippen LogP contribution in [0.2, 0.25) is 5.02 Å². The van der Waals surface area contributed by atoms with Crippen molar-refractivity contribution in [2.75, 3.05) is 33.7 Å². The molecule has 0 aromatic heterocycles. The Hall–Kier alpha value is -2.16. The number of carbonyl (C=O) groups is 1. The average molecular weight is 494 g/mol. The maximum Gasteiger partial charge on any atom is 0.308 e. The molecule has 34 heavy (non-hydrogen) atoms. The van der Waals surface area contributed by atoms with Gasteiger partial charge in [-0.15, -0.1) is 0 Å². The van der Waals surface area contributed by atoms with E-state index in [1.807, 2.05) is 58.0 Å². The molecule has 2 aromatic carbocycles. The number of aliphatic hydroxyl groups is 1. The zero-order valence-electron chi connectivity index (χ0n) is 20.6. The highest BCUT2D eigenvalue weighted by Crippen LogP contribution is 2.35. The molecule has 0 bridgehead atoms. The number of hydrogen-bond donors (Lipinski definition) is 2. The molecule has 0 fully saturated rings. The Balaban J connectivity index is 2.39. The summed E-state index contributed by atoms with van der Waals surface area (Å²) in [5.74, 6) is 0.183. The summed E-state index contributed by atoms with van der Waals surface area (Å²) in [7, 11) is 1.60. The second kappa shape index (κ2) is 13.7. The summed E-state index contributed by atoms with van der Waals surface area (Å²) >= 11 is 6.40. The Morgan fingerprint density at radius 2 is 1.82 bits per heavy atom. The predicted octanol–water partition coefficient (Wildman–Crippen LogP) is 4.74. The first kappa shape index (κ1) is 28.1. The molecule has 0 radical (unpaired) electrons. The number of methoxy groups -OCH3 is 1. The Morgan fingerprint density at radius 1 is 1.12 bits per heavy atom. The van der Waals surface area contributed by atoms with Crippen LogP contribution in [-0.4, -0.2) is 50.4 Å². The van der Waals surface area contributed by atoms with Crippen LogP contribution in [-0.2, 0) is 19.0 Å². The van der Waals surface area contributed by atoms with Crippen LogP contribution in [0.5, 0.6) is 5.75 Å². The number of nitrogens with one attached hydrogen (secondary N) is 1. The van der Waals surface area contributed by atoms with Gasteiger partial charge in [0.15, 0.2) is 6.79 Å². The van der Waals surface area contributed by atoms with Crippen LogP contribution in [0.3, 0.4) is 0 Å². The third kappa shape index (κ3) is 9.24. The fourth-order valence-electron chi connectivity index (χ4n) is 3.50. The molecule has 0 aliphatic heterocycles. The molecule has 2 aromatic rings. The Kier molecular flexibility index (Phi) is 11.3. The fourth-order valence-corrected chi connectivity index (χ4v) is 3.79. The molecule has 2 rings (SSSR count). The molecule has 188 valence electrons. The number of aliphatic hydroxyl groups excluding tert-OH is 1. The lowest BCUT2D eigenvalue weighted by Gasteiger charge is -2.28. The molecule has 0 heterocycles. The number of aryl methyl sites for hydroxylation is 1. The van der Waals surface area contributed by atoms with Gasteiger partial charge >= 0.3 is 5.97 Å². The zero-order valence-corrected chi connectivity index (χ0v) is 21.4. The van der Waals surface area contributed by atoms with Crippen molar-refractivity contribution in [3.8, 4) is 5.75 Å². The summed E-state index contributed by atoms with van der Waals surface area (Å²) in [6.45, 7) is 8.04. The predicted molar refractivity (Wildman–Crippen MR) is 132 cm³/mol. The number of rotatable bonds is 13. The highest BCUT2D eigenvalue weighted by atomic mass is 35.5. The van der Waals surface area contributed by atoms with Crippen LogP contribution >= 0.6 is 11.6 Å². The van der Waals surface area contributed by atoms with Crippen LogP contribution in [0.15, 0.2) is 42.5 Å². The molecule has 0 aliphatic rings. The lowest BCUT2D eigenvalue weighted by Crippen LogP contribution is -2.33. The third-order valence-electron chi connectivity index (χ3n) is 4.94. The standard InChI is InChI=1S/C26H36ClNO6/c1-18-13-20(27)14-21(25(18)33-17-32-12-11-31-5)22(15-24(30)34-26(2,3)4)28-23(16-29)19-9-7-6-8-10-19/h6-10,13-14,22-23,28-29H,11-12,15-17H2,1-5H3/t22-,23?/m1/s1. The SMILES string of the molecule is COCCOCOc1c(C)cc(Cl)cc1[C@@H](CC(=O)OC(C)(C)C)NC(CO)c1ccccc1. The topological polar surface area (TPSA) is 86.3 Å². The molecule has 0 amide bonds. The van der Waals surface area contributed by atoms with Crippen molar-refractivity contribution < 1.29 is 28.8 Å². The first-order valence-corrected chi connectivity index (χ1v) is 11.7. The van der Waals surface area contributed by atoms with E-state index in [9.17, 15) is 9.90 Å². The van der Waals surface area contributed by atoms with E-state index in [1.54, 1.807) is 19.2 Å². The number of halogens is 1. The lowest BCUT2D eigenvalue weighted by atomic mass is 9.97. The molecule has 2 atom stereocenters. The van der Waals surface area contributed by atoms with Crippen LogP contribution in [0.25, 0.3) is 0 Å². The van der Waals surface area contributed by atoms with Gasteiger partial charge in [0, 0.05) is 23.7 Å². The average Bonchev–Trinajstić information content (AvgIpc) is 2.76. The zero-order chi connectivity index (χ0) is 25.1. The minimum atomic E-state index is -0.629. The minimum Gasteiger partial charge on any atom is -0.467 e. The van der Waals surface area contributed by atoms with E-state index in [1.165, 1.54) is 0 Å². The van der Waals surface area contributed by atoms with E-state index in [-0.39, 0.29) is 25.8 Å². The van der Waals surface area contributed by atoms with Crippen LogP contribution < -0.4 is 10.1 Å². The van der Waals surface area contributed by atoms with Crippen molar-refractivity contribution in [2.45, 2.75) is 51.8 Å².